The Bertz CT molecular complexity index is 374. The average Bonchev–Trinajstić information content (AvgIpc) is 2.59. The van der Waals surface area contributed by atoms with Crippen molar-refractivity contribution in [2.24, 2.45) is 0 Å². The fourth-order valence-corrected chi connectivity index (χ4v) is 1.14. The molecule has 0 N–H and O–H groups in total. The summed E-state index contributed by atoms with van der Waals surface area (Å²) in [4.78, 5) is 8.43. The van der Waals surface area contributed by atoms with Crippen LogP contribution in [0.4, 0.5) is 0 Å². The van der Waals surface area contributed by atoms with E-state index in [9.17, 15) is 0 Å². The van der Waals surface area contributed by atoms with Crippen LogP contribution in [-0.2, 0) is 0 Å². The van der Waals surface area contributed by atoms with E-state index in [4.69, 9.17) is 0 Å². The first-order valence-electron chi connectivity index (χ1n) is 4.48. The molecule has 0 saturated carbocycles. The second-order valence-electron chi connectivity index (χ2n) is 3.14. The van der Waals surface area contributed by atoms with Crippen LogP contribution in [0.1, 0.15) is 32.0 Å². The Balaban J connectivity index is 2.49. The summed E-state index contributed by atoms with van der Waals surface area (Å²) in [6, 6.07) is 1.85. The third-order valence-electron chi connectivity index (χ3n) is 2.19. The summed E-state index contributed by atoms with van der Waals surface area (Å²) >= 11 is 0. The second-order valence-corrected chi connectivity index (χ2v) is 3.14. The lowest BCUT2D eigenvalue weighted by molar-refractivity contribution is 0.676. The van der Waals surface area contributed by atoms with Gasteiger partial charge in [0, 0.05) is 18.3 Å². The molecule has 0 aliphatic rings. The lowest BCUT2D eigenvalue weighted by Gasteiger charge is -1.99. The third-order valence-corrected chi connectivity index (χ3v) is 2.19. The highest BCUT2D eigenvalue weighted by molar-refractivity contribution is 5.25. The molecule has 4 heteroatoms. The summed E-state index contributed by atoms with van der Waals surface area (Å²) in [6.45, 7) is 4.25. The van der Waals surface area contributed by atoms with Crippen molar-refractivity contribution in [3.63, 3.8) is 0 Å². The van der Waals surface area contributed by atoms with Gasteiger partial charge in [-0.25, -0.2) is 9.50 Å². The number of nitrogens with zero attached hydrogens (tertiary/aromatic N) is 4. The van der Waals surface area contributed by atoms with Crippen molar-refractivity contribution < 1.29 is 0 Å². The van der Waals surface area contributed by atoms with Gasteiger partial charge in [0.1, 0.15) is 0 Å². The van der Waals surface area contributed by atoms with Crippen molar-refractivity contribution in [2.75, 3.05) is 0 Å². The molecule has 0 spiro atoms. The highest BCUT2D eigenvalue weighted by Gasteiger charge is 2.09. The molecule has 1 atom stereocenters. The van der Waals surface area contributed by atoms with Crippen molar-refractivity contribution in [1.82, 2.24) is 19.6 Å². The van der Waals surface area contributed by atoms with Gasteiger partial charge in [-0.3, -0.25) is 0 Å². The zero-order valence-electron chi connectivity index (χ0n) is 7.81. The van der Waals surface area contributed by atoms with Crippen molar-refractivity contribution in [1.29, 1.82) is 0 Å². The number of hydrogen-bond donors (Lipinski definition) is 0. The Morgan fingerprint density at radius 1 is 1.54 bits per heavy atom. The van der Waals surface area contributed by atoms with E-state index in [1.807, 2.05) is 12.3 Å². The van der Waals surface area contributed by atoms with Crippen LogP contribution < -0.4 is 0 Å². The zero-order valence-corrected chi connectivity index (χ0v) is 7.81. The largest absolute Gasteiger partial charge is 0.252 e. The van der Waals surface area contributed by atoms with Gasteiger partial charge in [0.2, 0.25) is 0 Å². The van der Waals surface area contributed by atoms with Crippen LogP contribution in [0.15, 0.2) is 18.5 Å². The smallest absolute Gasteiger partial charge is 0.220 e. The lowest BCUT2D eigenvalue weighted by atomic mass is 10.1. The molecule has 0 radical (unpaired) electrons. The maximum absolute atomic E-state index is 4.33. The van der Waals surface area contributed by atoms with Crippen molar-refractivity contribution in [2.45, 2.75) is 26.2 Å². The van der Waals surface area contributed by atoms with Gasteiger partial charge in [-0.05, 0) is 12.5 Å². The molecule has 0 saturated heterocycles. The minimum Gasteiger partial charge on any atom is -0.220 e. The molecule has 2 heterocycles. The van der Waals surface area contributed by atoms with Crippen LogP contribution >= 0.6 is 0 Å². The highest BCUT2D eigenvalue weighted by Crippen LogP contribution is 2.13. The fourth-order valence-electron chi connectivity index (χ4n) is 1.14. The van der Waals surface area contributed by atoms with E-state index in [0.717, 1.165) is 12.2 Å². The van der Waals surface area contributed by atoms with Crippen LogP contribution in [0.5, 0.6) is 0 Å². The predicted octanol–water partition coefficient (Wildman–Crippen LogP) is 1.64. The predicted molar refractivity (Wildman–Crippen MR) is 49.5 cm³/mol. The third kappa shape index (κ3) is 1.39. The monoisotopic (exact) mass is 176 g/mol. The first-order valence-corrected chi connectivity index (χ1v) is 4.48. The Labute approximate surface area is 76.6 Å². The van der Waals surface area contributed by atoms with E-state index in [2.05, 4.69) is 28.9 Å². The normalized spacial score (nSPS) is 13.4. The summed E-state index contributed by atoms with van der Waals surface area (Å²) in [5, 5.41) is 4.33. The molecule has 68 valence electrons. The average molecular weight is 176 g/mol. The first-order chi connectivity index (χ1) is 6.31. The minimum absolute atomic E-state index is 0.404. The summed E-state index contributed by atoms with van der Waals surface area (Å²) in [5.74, 6) is 1.96. The van der Waals surface area contributed by atoms with E-state index in [1.165, 1.54) is 0 Å². The number of aromatic nitrogens is 4. The summed E-state index contributed by atoms with van der Waals surface area (Å²) in [6.07, 6.45) is 4.64. The van der Waals surface area contributed by atoms with Crippen LogP contribution in [-0.4, -0.2) is 19.6 Å². The Hall–Kier alpha value is -1.45. The van der Waals surface area contributed by atoms with Gasteiger partial charge in [0.25, 0.3) is 5.78 Å². The molecule has 0 bridgehead atoms. The number of hydrogen-bond acceptors (Lipinski definition) is 3. The molecule has 13 heavy (non-hydrogen) atoms. The summed E-state index contributed by atoms with van der Waals surface area (Å²) in [7, 11) is 0. The zero-order chi connectivity index (χ0) is 9.26. The molecule has 2 aromatic heterocycles. The molecule has 2 aromatic rings. The van der Waals surface area contributed by atoms with E-state index in [1.54, 1.807) is 10.7 Å². The molecular formula is C9H12N4. The van der Waals surface area contributed by atoms with Gasteiger partial charge in [0.15, 0.2) is 5.82 Å². The SMILES string of the molecule is CCC(C)c1nc2ncccn2n1. The Morgan fingerprint density at radius 2 is 2.38 bits per heavy atom. The molecule has 2 rings (SSSR count). The van der Waals surface area contributed by atoms with Gasteiger partial charge in [-0.2, -0.15) is 4.98 Å². The molecule has 4 nitrogen and oxygen atoms in total. The molecule has 1 unspecified atom stereocenters. The lowest BCUT2D eigenvalue weighted by Crippen LogP contribution is -1.94. The van der Waals surface area contributed by atoms with Crippen molar-refractivity contribution in [3.8, 4) is 0 Å². The first kappa shape index (κ1) is 8.16. The van der Waals surface area contributed by atoms with Crippen LogP contribution in [0.3, 0.4) is 0 Å². The molecule has 0 aromatic carbocycles. The van der Waals surface area contributed by atoms with E-state index in [-0.39, 0.29) is 0 Å². The fraction of sp³-hybridized carbons (Fsp3) is 0.444. The molecule has 0 fully saturated rings. The minimum atomic E-state index is 0.404. The second kappa shape index (κ2) is 3.12. The topological polar surface area (TPSA) is 43.1 Å². The molecular weight excluding hydrogens is 164 g/mol. The van der Waals surface area contributed by atoms with Gasteiger partial charge >= 0.3 is 0 Å². The maximum Gasteiger partial charge on any atom is 0.252 e. The Morgan fingerprint density at radius 3 is 3.08 bits per heavy atom. The van der Waals surface area contributed by atoms with Crippen LogP contribution in [0.25, 0.3) is 5.78 Å². The van der Waals surface area contributed by atoms with Crippen molar-refractivity contribution in [3.05, 3.63) is 24.3 Å². The van der Waals surface area contributed by atoms with Crippen LogP contribution in [0.2, 0.25) is 0 Å². The Kier molecular flexibility index (Phi) is 1.96. The van der Waals surface area contributed by atoms with Gasteiger partial charge in [0.05, 0.1) is 0 Å². The van der Waals surface area contributed by atoms with Crippen LogP contribution in [0, 0.1) is 0 Å². The van der Waals surface area contributed by atoms with E-state index in [0.29, 0.717) is 11.7 Å². The number of fused-ring (bicyclic) bond motifs is 1. The summed E-state index contributed by atoms with van der Waals surface area (Å²) in [5.41, 5.74) is 0. The van der Waals surface area contributed by atoms with Gasteiger partial charge in [-0.1, -0.05) is 13.8 Å². The van der Waals surface area contributed by atoms with E-state index < -0.39 is 0 Å². The quantitative estimate of drug-likeness (QED) is 0.698. The highest BCUT2D eigenvalue weighted by atomic mass is 15.3. The van der Waals surface area contributed by atoms with Gasteiger partial charge < -0.3 is 0 Å². The molecule has 0 aliphatic heterocycles. The number of rotatable bonds is 2. The maximum atomic E-state index is 4.33. The standard InChI is InChI=1S/C9H12N4/c1-3-7(2)8-11-9-10-5-4-6-13(9)12-8/h4-7H,3H2,1-2H3. The van der Waals surface area contributed by atoms with E-state index >= 15 is 0 Å². The molecule has 0 amide bonds. The summed E-state index contributed by atoms with van der Waals surface area (Å²) < 4.78 is 1.71. The van der Waals surface area contributed by atoms with Gasteiger partial charge in [-0.15, -0.1) is 5.10 Å². The molecule has 0 aliphatic carbocycles. The van der Waals surface area contributed by atoms with Crippen molar-refractivity contribution >= 4 is 5.78 Å².